The number of carbonyl (C=O) groups excluding carboxylic acids is 4. The number of carbonyl (C=O) groups is 4. The lowest BCUT2D eigenvalue weighted by atomic mass is 10.0. The van der Waals surface area contributed by atoms with E-state index in [2.05, 4.69) is 24.5 Å². The van der Waals surface area contributed by atoms with Crippen molar-refractivity contribution in [2.45, 2.75) is 290 Å². The van der Waals surface area contributed by atoms with Gasteiger partial charge in [0.2, 0.25) is 11.8 Å². The summed E-state index contributed by atoms with van der Waals surface area (Å²) < 4.78 is 22.3. The first-order valence-electron chi connectivity index (χ1n) is 26.9. The summed E-state index contributed by atoms with van der Waals surface area (Å²) in [6, 6.07) is -0.554. The fraction of sp³-hybridized carbons (Fsp3) is 0.926. The van der Waals surface area contributed by atoms with Crippen LogP contribution in [0.5, 0.6) is 0 Å². The SMILES string of the molecule is CCCCCCCCCCCCCCCCCC(=O)NCC(COC(=O)CCC(=O)OCCC(C)(C)OCCC(C)(C)OC)NC(=O)CCCCCCCCCCCCCCCCC. The standard InChI is InChI=1S/C54H104N2O8/c1-8-10-12-14-16-18-20-22-24-26-28-30-32-34-36-38-49(57)55-46-48(56-50(58)39-37-35-33-31-29-27-25-23-21-19-17-15-13-11-9-2)47-63-52(60)41-40-51(59)62-44-42-54(5,6)64-45-43-53(3,4)61-7/h48H,8-47H2,1-7H3,(H,55,57)(H,56,58). The molecule has 10 heteroatoms. The van der Waals surface area contributed by atoms with Crippen LogP contribution in [-0.2, 0) is 38.1 Å². The Morgan fingerprint density at radius 1 is 0.438 bits per heavy atom. The van der Waals surface area contributed by atoms with Gasteiger partial charge in [0.1, 0.15) is 6.61 Å². The van der Waals surface area contributed by atoms with Gasteiger partial charge in [-0.15, -0.1) is 0 Å². The summed E-state index contributed by atoms with van der Waals surface area (Å²) in [7, 11) is 1.68. The number of esters is 2. The predicted molar refractivity (Wildman–Crippen MR) is 266 cm³/mol. The van der Waals surface area contributed by atoms with Crippen LogP contribution in [0.2, 0.25) is 0 Å². The third kappa shape index (κ3) is 43.7. The molecule has 2 N–H and O–H groups in total. The maximum absolute atomic E-state index is 13.0. The highest BCUT2D eigenvalue weighted by molar-refractivity contribution is 5.78. The smallest absolute Gasteiger partial charge is 0.306 e. The summed E-state index contributed by atoms with van der Waals surface area (Å²) >= 11 is 0. The minimum absolute atomic E-state index is 0.0576. The van der Waals surface area contributed by atoms with E-state index in [4.69, 9.17) is 18.9 Å². The van der Waals surface area contributed by atoms with Crippen LogP contribution in [0.3, 0.4) is 0 Å². The summed E-state index contributed by atoms with van der Waals surface area (Å²) in [6.07, 6.45) is 39.9. The van der Waals surface area contributed by atoms with Gasteiger partial charge in [-0.05, 0) is 47.0 Å². The Bertz CT molecular complexity index is 1110. The average molecular weight is 909 g/mol. The van der Waals surface area contributed by atoms with Crippen LogP contribution >= 0.6 is 0 Å². The molecule has 0 saturated carbocycles. The maximum Gasteiger partial charge on any atom is 0.306 e. The summed E-state index contributed by atoms with van der Waals surface area (Å²) in [5.74, 6) is -1.19. The monoisotopic (exact) mass is 909 g/mol. The van der Waals surface area contributed by atoms with Gasteiger partial charge in [-0.3, -0.25) is 19.2 Å². The number of methoxy groups -OCH3 is 1. The number of nitrogens with one attached hydrogen (secondary N) is 2. The number of ether oxygens (including phenoxy) is 4. The zero-order valence-electron chi connectivity index (χ0n) is 43.1. The van der Waals surface area contributed by atoms with Crippen molar-refractivity contribution >= 4 is 23.8 Å². The van der Waals surface area contributed by atoms with Crippen LogP contribution < -0.4 is 10.6 Å². The molecule has 10 nitrogen and oxygen atoms in total. The van der Waals surface area contributed by atoms with E-state index in [1.807, 2.05) is 27.7 Å². The van der Waals surface area contributed by atoms with E-state index in [0.29, 0.717) is 25.9 Å². The second-order valence-corrected chi connectivity index (χ2v) is 19.9. The second kappa shape index (κ2) is 43.4. The zero-order chi connectivity index (χ0) is 47.4. The highest BCUT2D eigenvalue weighted by atomic mass is 16.5. The fourth-order valence-corrected chi connectivity index (χ4v) is 7.79. The molecule has 0 bridgehead atoms. The third-order valence-electron chi connectivity index (χ3n) is 12.6. The number of rotatable bonds is 48. The minimum atomic E-state index is -0.554. The molecule has 1 atom stereocenters. The van der Waals surface area contributed by atoms with Gasteiger partial charge in [-0.1, -0.05) is 194 Å². The summed E-state index contributed by atoms with van der Waals surface area (Å²) in [5.41, 5.74) is -0.747. The lowest BCUT2D eigenvalue weighted by molar-refractivity contribution is -0.152. The van der Waals surface area contributed by atoms with Crippen molar-refractivity contribution in [3.8, 4) is 0 Å². The van der Waals surface area contributed by atoms with Crippen LogP contribution in [0.1, 0.15) is 273 Å². The van der Waals surface area contributed by atoms with Crippen LogP contribution in [0, 0.1) is 0 Å². The molecule has 0 spiro atoms. The second-order valence-electron chi connectivity index (χ2n) is 19.9. The van der Waals surface area contributed by atoms with Crippen molar-refractivity contribution in [1.82, 2.24) is 10.6 Å². The Kier molecular flexibility index (Phi) is 41.9. The first-order valence-corrected chi connectivity index (χ1v) is 26.9. The minimum Gasteiger partial charge on any atom is -0.466 e. The van der Waals surface area contributed by atoms with Gasteiger partial charge in [-0.2, -0.15) is 0 Å². The Balaban J connectivity index is 4.56. The van der Waals surface area contributed by atoms with E-state index in [1.54, 1.807) is 7.11 Å². The molecule has 0 aliphatic rings. The van der Waals surface area contributed by atoms with Gasteiger partial charge < -0.3 is 29.6 Å². The van der Waals surface area contributed by atoms with E-state index >= 15 is 0 Å². The van der Waals surface area contributed by atoms with Gasteiger partial charge in [0.25, 0.3) is 0 Å². The van der Waals surface area contributed by atoms with Crippen molar-refractivity contribution in [3.05, 3.63) is 0 Å². The van der Waals surface area contributed by atoms with Crippen molar-refractivity contribution in [2.24, 2.45) is 0 Å². The highest BCUT2D eigenvalue weighted by Crippen LogP contribution is 2.20. The van der Waals surface area contributed by atoms with E-state index in [-0.39, 0.29) is 50.0 Å². The van der Waals surface area contributed by atoms with Crippen molar-refractivity contribution in [3.63, 3.8) is 0 Å². The summed E-state index contributed by atoms with van der Waals surface area (Å²) in [5, 5.41) is 5.95. The van der Waals surface area contributed by atoms with Crippen LogP contribution in [0.15, 0.2) is 0 Å². The number of unbranched alkanes of at least 4 members (excludes halogenated alkanes) is 28. The van der Waals surface area contributed by atoms with E-state index in [0.717, 1.165) is 44.9 Å². The third-order valence-corrected chi connectivity index (χ3v) is 12.6. The molecule has 0 radical (unpaired) electrons. The summed E-state index contributed by atoms with van der Waals surface area (Å²) in [4.78, 5) is 50.8. The van der Waals surface area contributed by atoms with Crippen LogP contribution in [-0.4, -0.2) is 74.5 Å². The predicted octanol–water partition coefficient (Wildman–Crippen LogP) is 14.0. The topological polar surface area (TPSA) is 129 Å². The van der Waals surface area contributed by atoms with Gasteiger partial charge in [0, 0.05) is 32.9 Å². The Morgan fingerprint density at radius 3 is 1.20 bits per heavy atom. The fourth-order valence-electron chi connectivity index (χ4n) is 7.79. The van der Waals surface area contributed by atoms with Gasteiger partial charge in [0.05, 0.1) is 43.3 Å². The van der Waals surface area contributed by atoms with E-state index in [9.17, 15) is 19.2 Å². The quantitative estimate of drug-likeness (QED) is 0.0456. The first-order chi connectivity index (χ1) is 30.8. The molecular weight excluding hydrogens is 805 g/mol. The highest BCUT2D eigenvalue weighted by Gasteiger charge is 2.23. The van der Waals surface area contributed by atoms with Crippen LogP contribution in [0.25, 0.3) is 0 Å². The van der Waals surface area contributed by atoms with Crippen molar-refractivity contribution < 1.29 is 38.1 Å². The van der Waals surface area contributed by atoms with Gasteiger partial charge in [-0.25, -0.2) is 0 Å². The normalized spacial score (nSPS) is 12.3. The lowest BCUT2D eigenvalue weighted by Gasteiger charge is -2.28. The number of amides is 2. The van der Waals surface area contributed by atoms with E-state index in [1.165, 1.54) is 154 Å². The molecule has 0 heterocycles. The number of hydrogen-bond acceptors (Lipinski definition) is 8. The zero-order valence-corrected chi connectivity index (χ0v) is 43.1. The first kappa shape index (κ1) is 61.8. The molecule has 0 rings (SSSR count). The summed E-state index contributed by atoms with van der Waals surface area (Å²) in [6.45, 7) is 13.3. The molecule has 378 valence electrons. The molecule has 0 saturated heterocycles. The number of hydrogen-bond donors (Lipinski definition) is 2. The van der Waals surface area contributed by atoms with Crippen molar-refractivity contribution in [2.75, 3.05) is 33.5 Å². The Morgan fingerprint density at radius 2 is 0.797 bits per heavy atom. The molecular formula is C54H104N2O8. The molecule has 0 aromatic carbocycles. The molecule has 0 aliphatic heterocycles. The van der Waals surface area contributed by atoms with Gasteiger partial charge >= 0.3 is 11.9 Å². The van der Waals surface area contributed by atoms with Crippen LogP contribution in [0.4, 0.5) is 0 Å². The average Bonchev–Trinajstić information content (AvgIpc) is 3.26. The molecule has 0 aromatic rings. The van der Waals surface area contributed by atoms with E-state index < -0.39 is 23.6 Å². The lowest BCUT2D eigenvalue weighted by Crippen LogP contribution is -2.46. The largest absolute Gasteiger partial charge is 0.466 e. The molecule has 0 aromatic heterocycles. The molecule has 64 heavy (non-hydrogen) atoms. The Labute approximate surface area is 394 Å². The maximum atomic E-state index is 13.0. The molecule has 2 amide bonds. The molecule has 0 fully saturated rings. The molecule has 1 unspecified atom stereocenters. The van der Waals surface area contributed by atoms with Gasteiger partial charge in [0.15, 0.2) is 0 Å². The van der Waals surface area contributed by atoms with Crippen molar-refractivity contribution in [1.29, 1.82) is 0 Å². The Hall–Kier alpha value is -2.20. The molecule has 0 aliphatic carbocycles.